The van der Waals surface area contributed by atoms with Gasteiger partial charge in [0.1, 0.15) is 5.69 Å². The van der Waals surface area contributed by atoms with Gasteiger partial charge < -0.3 is 5.73 Å². The molecule has 0 bridgehead atoms. The number of hydrogen-bond donors (Lipinski definition) is 1. The number of nitrogens with zero attached hydrogens (tertiary/aromatic N) is 1. The Balaban J connectivity index is 2.37. The van der Waals surface area contributed by atoms with Gasteiger partial charge in [-0.25, -0.2) is 0 Å². The monoisotopic (exact) mass is 266 g/mol. The van der Waals surface area contributed by atoms with E-state index in [0.717, 1.165) is 12.3 Å². The zero-order chi connectivity index (χ0) is 14.0. The molecule has 98 valence electrons. The second-order valence-corrected chi connectivity index (χ2v) is 3.87. The molecule has 0 aliphatic carbocycles. The summed E-state index contributed by atoms with van der Waals surface area (Å²) in [6.07, 6.45) is -3.35. The summed E-state index contributed by atoms with van der Waals surface area (Å²) in [6, 6.07) is 8.50. The fourth-order valence-corrected chi connectivity index (χ4v) is 1.58. The number of primary amides is 1. The third-order valence-electron chi connectivity index (χ3n) is 2.53. The fraction of sp³-hybridized carbons (Fsp3) is 0.0769. The fourth-order valence-electron chi connectivity index (χ4n) is 1.58. The highest BCUT2D eigenvalue weighted by atomic mass is 19.4. The number of hydrogen-bond acceptors (Lipinski definition) is 2. The van der Waals surface area contributed by atoms with Crippen molar-refractivity contribution >= 4 is 5.91 Å². The van der Waals surface area contributed by atoms with Crippen LogP contribution in [0, 0.1) is 0 Å². The van der Waals surface area contributed by atoms with Gasteiger partial charge in [0.2, 0.25) is 5.91 Å². The van der Waals surface area contributed by atoms with Gasteiger partial charge in [0.25, 0.3) is 0 Å². The first kappa shape index (κ1) is 13.1. The molecule has 19 heavy (non-hydrogen) atoms. The van der Waals surface area contributed by atoms with Gasteiger partial charge in [-0.2, -0.15) is 13.2 Å². The maximum absolute atomic E-state index is 12.4. The van der Waals surface area contributed by atoms with Gasteiger partial charge in [-0.3, -0.25) is 9.78 Å². The number of alkyl halides is 3. The molecule has 0 fully saturated rings. The van der Waals surface area contributed by atoms with Gasteiger partial charge >= 0.3 is 6.18 Å². The molecular weight excluding hydrogens is 257 g/mol. The Kier molecular flexibility index (Phi) is 3.25. The Bertz CT molecular complexity index is 606. The van der Waals surface area contributed by atoms with Crippen LogP contribution in [0.1, 0.15) is 16.1 Å². The summed E-state index contributed by atoms with van der Waals surface area (Å²) in [5.41, 5.74) is 5.54. The molecule has 1 aromatic heterocycles. The minimum atomic E-state index is -4.46. The largest absolute Gasteiger partial charge is 0.433 e. The van der Waals surface area contributed by atoms with Gasteiger partial charge in [-0.05, 0) is 23.8 Å². The van der Waals surface area contributed by atoms with Crippen molar-refractivity contribution in [3.8, 4) is 11.1 Å². The Labute approximate surface area is 106 Å². The van der Waals surface area contributed by atoms with E-state index in [9.17, 15) is 18.0 Å². The van der Waals surface area contributed by atoms with Crippen molar-refractivity contribution in [3.63, 3.8) is 0 Å². The topological polar surface area (TPSA) is 56.0 Å². The van der Waals surface area contributed by atoms with Gasteiger partial charge in [-0.15, -0.1) is 0 Å². The zero-order valence-electron chi connectivity index (χ0n) is 9.61. The van der Waals surface area contributed by atoms with Crippen molar-refractivity contribution in [2.24, 2.45) is 5.73 Å². The average Bonchev–Trinajstić information content (AvgIpc) is 2.38. The van der Waals surface area contributed by atoms with Crippen molar-refractivity contribution in [2.45, 2.75) is 6.18 Å². The molecule has 2 rings (SSSR count). The van der Waals surface area contributed by atoms with Crippen molar-refractivity contribution < 1.29 is 18.0 Å². The second kappa shape index (κ2) is 4.72. The lowest BCUT2D eigenvalue weighted by atomic mass is 10.0. The number of benzene rings is 1. The molecule has 2 N–H and O–H groups in total. The Morgan fingerprint density at radius 3 is 2.37 bits per heavy atom. The molecule has 6 heteroatoms. The molecule has 0 saturated carbocycles. The van der Waals surface area contributed by atoms with Crippen molar-refractivity contribution in [1.82, 2.24) is 4.98 Å². The lowest BCUT2D eigenvalue weighted by molar-refractivity contribution is -0.141. The van der Waals surface area contributed by atoms with E-state index >= 15 is 0 Å². The lowest BCUT2D eigenvalue weighted by Crippen LogP contribution is -2.10. The van der Waals surface area contributed by atoms with E-state index in [1.165, 1.54) is 18.2 Å². The van der Waals surface area contributed by atoms with Crippen LogP contribution in [-0.4, -0.2) is 10.9 Å². The Morgan fingerprint density at radius 1 is 1.11 bits per heavy atom. The summed E-state index contributed by atoms with van der Waals surface area (Å²) in [6.45, 7) is 0. The Hall–Kier alpha value is -2.37. The smallest absolute Gasteiger partial charge is 0.366 e. The quantitative estimate of drug-likeness (QED) is 0.908. The summed E-state index contributed by atoms with van der Waals surface area (Å²) in [5.74, 6) is -0.596. The molecule has 0 atom stereocenters. The minimum Gasteiger partial charge on any atom is -0.366 e. The zero-order valence-corrected chi connectivity index (χ0v) is 9.61. The van der Waals surface area contributed by atoms with E-state index in [4.69, 9.17) is 5.73 Å². The third-order valence-corrected chi connectivity index (χ3v) is 2.53. The standard InChI is InChI=1S/C13H9F3N2O/c14-13(15,16)11-5-4-10(7-18-11)8-2-1-3-9(6-8)12(17)19/h1-7H,(H2,17,19). The first-order valence-electron chi connectivity index (χ1n) is 5.31. The van der Waals surface area contributed by atoms with E-state index in [-0.39, 0.29) is 5.56 Å². The molecule has 0 aliphatic rings. The van der Waals surface area contributed by atoms with Gasteiger partial charge in [0, 0.05) is 17.3 Å². The molecule has 2 aromatic rings. The number of carbonyl (C=O) groups excluding carboxylic acids is 1. The van der Waals surface area contributed by atoms with E-state index in [1.807, 2.05) is 0 Å². The number of amides is 1. The van der Waals surface area contributed by atoms with Gasteiger partial charge in [0.05, 0.1) is 0 Å². The number of aromatic nitrogens is 1. The predicted octanol–water partition coefficient (Wildman–Crippen LogP) is 2.87. The molecular formula is C13H9F3N2O. The van der Waals surface area contributed by atoms with Crippen LogP contribution < -0.4 is 5.73 Å². The number of carbonyl (C=O) groups is 1. The number of halogens is 3. The van der Waals surface area contributed by atoms with Crippen LogP contribution in [0.3, 0.4) is 0 Å². The van der Waals surface area contributed by atoms with Crippen molar-refractivity contribution in [3.05, 3.63) is 53.9 Å². The molecule has 0 saturated heterocycles. The summed E-state index contributed by atoms with van der Waals surface area (Å²) < 4.78 is 37.1. The van der Waals surface area contributed by atoms with Crippen LogP contribution >= 0.6 is 0 Å². The highest BCUT2D eigenvalue weighted by Crippen LogP contribution is 2.29. The molecule has 1 aromatic carbocycles. The average molecular weight is 266 g/mol. The normalized spacial score (nSPS) is 11.3. The minimum absolute atomic E-state index is 0.289. The van der Waals surface area contributed by atoms with Crippen LogP contribution in [-0.2, 0) is 6.18 Å². The first-order chi connectivity index (χ1) is 8.88. The molecule has 1 heterocycles. The SMILES string of the molecule is NC(=O)c1cccc(-c2ccc(C(F)(F)F)nc2)c1. The highest BCUT2D eigenvalue weighted by Gasteiger charge is 2.32. The van der Waals surface area contributed by atoms with Gasteiger partial charge in [-0.1, -0.05) is 18.2 Å². The van der Waals surface area contributed by atoms with Gasteiger partial charge in [0.15, 0.2) is 0 Å². The van der Waals surface area contributed by atoms with Crippen LogP contribution in [0.15, 0.2) is 42.6 Å². The van der Waals surface area contributed by atoms with Crippen molar-refractivity contribution in [2.75, 3.05) is 0 Å². The summed E-state index contributed by atoms with van der Waals surface area (Å²) in [5, 5.41) is 0. The molecule has 0 spiro atoms. The van der Waals surface area contributed by atoms with E-state index in [0.29, 0.717) is 11.1 Å². The maximum atomic E-state index is 12.4. The molecule has 0 radical (unpaired) electrons. The van der Waals surface area contributed by atoms with E-state index in [2.05, 4.69) is 4.98 Å². The molecule has 1 amide bonds. The Morgan fingerprint density at radius 2 is 1.84 bits per heavy atom. The maximum Gasteiger partial charge on any atom is 0.433 e. The predicted molar refractivity (Wildman–Crippen MR) is 63.2 cm³/mol. The molecule has 3 nitrogen and oxygen atoms in total. The first-order valence-corrected chi connectivity index (χ1v) is 5.31. The second-order valence-electron chi connectivity index (χ2n) is 3.87. The van der Waals surface area contributed by atoms with E-state index in [1.54, 1.807) is 12.1 Å². The summed E-state index contributed by atoms with van der Waals surface area (Å²) in [7, 11) is 0. The van der Waals surface area contributed by atoms with Crippen LogP contribution in [0.5, 0.6) is 0 Å². The summed E-state index contributed by atoms with van der Waals surface area (Å²) >= 11 is 0. The molecule has 0 unspecified atom stereocenters. The molecule has 0 aliphatic heterocycles. The lowest BCUT2D eigenvalue weighted by Gasteiger charge is -2.07. The number of pyridine rings is 1. The van der Waals surface area contributed by atoms with Crippen LogP contribution in [0.4, 0.5) is 13.2 Å². The highest BCUT2D eigenvalue weighted by molar-refractivity contribution is 5.94. The van der Waals surface area contributed by atoms with Crippen molar-refractivity contribution in [1.29, 1.82) is 0 Å². The number of nitrogens with two attached hydrogens (primary N) is 1. The van der Waals surface area contributed by atoms with E-state index < -0.39 is 17.8 Å². The number of rotatable bonds is 2. The van der Waals surface area contributed by atoms with Crippen LogP contribution in [0.2, 0.25) is 0 Å². The third kappa shape index (κ3) is 2.90. The van der Waals surface area contributed by atoms with Crippen LogP contribution in [0.25, 0.3) is 11.1 Å². The summed E-state index contributed by atoms with van der Waals surface area (Å²) in [4.78, 5) is 14.4.